The molecule has 142 valence electrons. The molecule has 3 aromatic rings. The highest BCUT2D eigenvalue weighted by atomic mass is 79.9. The van der Waals surface area contributed by atoms with E-state index in [1.54, 1.807) is 24.3 Å². The molecule has 3 rings (SSSR count). The van der Waals surface area contributed by atoms with Gasteiger partial charge in [0, 0.05) is 33.2 Å². The van der Waals surface area contributed by atoms with Crippen LogP contribution in [-0.4, -0.2) is 11.8 Å². The van der Waals surface area contributed by atoms with Gasteiger partial charge in [-0.3, -0.25) is 9.59 Å². The Morgan fingerprint density at radius 1 is 0.571 bits per heavy atom. The van der Waals surface area contributed by atoms with Crippen molar-refractivity contribution in [3.63, 3.8) is 0 Å². The van der Waals surface area contributed by atoms with E-state index in [4.69, 9.17) is 0 Å². The summed E-state index contributed by atoms with van der Waals surface area (Å²) in [6.45, 7) is 0.890. The molecule has 28 heavy (non-hydrogen) atoms. The average Bonchev–Trinajstić information content (AvgIpc) is 2.72. The van der Waals surface area contributed by atoms with Gasteiger partial charge in [-0.1, -0.05) is 56.1 Å². The molecular weight excluding hydrogens is 484 g/mol. The quantitative estimate of drug-likeness (QED) is 0.495. The Bertz CT molecular complexity index is 873. The number of hydrogen-bond donors (Lipinski definition) is 2. The van der Waals surface area contributed by atoms with E-state index in [1.165, 1.54) is 0 Å². The summed E-state index contributed by atoms with van der Waals surface area (Å²) < 4.78 is 1.87. The van der Waals surface area contributed by atoms with Crippen LogP contribution < -0.4 is 10.6 Å². The van der Waals surface area contributed by atoms with Crippen molar-refractivity contribution in [3.8, 4) is 0 Å². The molecule has 0 atom stereocenters. The highest BCUT2D eigenvalue weighted by Crippen LogP contribution is 2.12. The largest absolute Gasteiger partial charge is 0.348 e. The molecule has 0 aromatic heterocycles. The third-order valence-electron chi connectivity index (χ3n) is 4.14. The van der Waals surface area contributed by atoms with Crippen LogP contribution in [0.2, 0.25) is 0 Å². The molecule has 0 spiro atoms. The predicted molar refractivity (Wildman–Crippen MR) is 117 cm³/mol. The van der Waals surface area contributed by atoms with Crippen LogP contribution in [0.1, 0.15) is 31.8 Å². The highest BCUT2D eigenvalue weighted by Gasteiger charge is 2.06. The lowest BCUT2D eigenvalue weighted by atomic mass is 10.1. The summed E-state index contributed by atoms with van der Waals surface area (Å²) in [5.74, 6) is -0.225. The summed E-state index contributed by atoms with van der Waals surface area (Å²) in [6, 6.07) is 22.2. The minimum absolute atomic E-state index is 0.113. The lowest BCUT2D eigenvalue weighted by Crippen LogP contribution is -2.23. The summed E-state index contributed by atoms with van der Waals surface area (Å²) in [7, 11) is 0. The minimum Gasteiger partial charge on any atom is -0.348 e. The van der Waals surface area contributed by atoms with Crippen molar-refractivity contribution in [2.45, 2.75) is 13.1 Å². The van der Waals surface area contributed by atoms with Crippen molar-refractivity contribution in [3.05, 3.63) is 104 Å². The fraction of sp³-hybridized carbons (Fsp3) is 0.0909. The van der Waals surface area contributed by atoms with E-state index < -0.39 is 0 Å². The molecule has 0 saturated carbocycles. The molecule has 0 unspecified atom stereocenters. The van der Waals surface area contributed by atoms with Crippen molar-refractivity contribution in [2.75, 3.05) is 0 Å². The van der Waals surface area contributed by atoms with E-state index in [1.807, 2.05) is 48.5 Å². The Hall–Kier alpha value is -2.44. The van der Waals surface area contributed by atoms with E-state index >= 15 is 0 Å². The second-order valence-electron chi connectivity index (χ2n) is 6.20. The van der Waals surface area contributed by atoms with Crippen molar-refractivity contribution in [2.24, 2.45) is 0 Å². The number of carbonyl (C=O) groups is 2. The zero-order valence-electron chi connectivity index (χ0n) is 14.9. The van der Waals surface area contributed by atoms with Gasteiger partial charge in [0.2, 0.25) is 0 Å². The van der Waals surface area contributed by atoms with Gasteiger partial charge in [-0.05, 0) is 59.7 Å². The van der Waals surface area contributed by atoms with Gasteiger partial charge in [0.25, 0.3) is 11.8 Å². The summed E-state index contributed by atoms with van der Waals surface area (Å²) in [5, 5.41) is 5.81. The van der Waals surface area contributed by atoms with Gasteiger partial charge in [0.1, 0.15) is 0 Å². The van der Waals surface area contributed by atoms with Gasteiger partial charge in [-0.25, -0.2) is 0 Å². The number of amides is 2. The van der Waals surface area contributed by atoms with Crippen LogP contribution >= 0.6 is 31.9 Å². The second kappa shape index (κ2) is 9.66. The lowest BCUT2D eigenvalue weighted by Gasteiger charge is -2.08. The maximum atomic E-state index is 12.2. The van der Waals surface area contributed by atoms with Gasteiger partial charge < -0.3 is 10.6 Å². The number of benzene rings is 3. The minimum atomic E-state index is -0.113. The summed E-state index contributed by atoms with van der Waals surface area (Å²) >= 11 is 6.71. The Morgan fingerprint density at radius 2 is 0.893 bits per heavy atom. The van der Waals surface area contributed by atoms with Crippen LogP contribution in [0.5, 0.6) is 0 Å². The van der Waals surface area contributed by atoms with E-state index in [-0.39, 0.29) is 11.8 Å². The topological polar surface area (TPSA) is 58.2 Å². The number of nitrogens with one attached hydrogen (secondary N) is 2. The highest BCUT2D eigenvalue weighted by molar-refractivity contribution is 9.10. The average molecular weight is 502 g/mol. The first-order valence-electron chi connectivity index (χ1n) is 8.66. The normalized spacial score (nSPS) is 10.4. The summed E-state index contributed by atoms with van der Waals surface area (Å²) in [6.07, 6.45) is 0. The van der Waals surface area contributed by atoms with Gasteiger partial charge >= 0.3 is 0 Å². The van der Waals surface area contributed by atoms with Gasteiger partial charge in [0.05, 0.1) is 0 Å². The molecule has 0 saturated heterocycles. The molecule has 4 nitrogen and oxygen atoms in total. The molecule has 0 bridgehead atoms. The fourth-order valence-corrected chi connectivity index (χ4v) is 3.07. The zero-order chi connectivity index (χ0) is 19.9. The first-order chi connectivity index (χ1) is 13.5. The Kier molecular flexibility index (Phi) is 7.01. The Balaban J connectivity index is 1.49. The van der Waals surface area contributed by atoms with Gasteiger partial charge in [-0.15, -0.1) is 0 Å². The maximum Gasteiger partial charge on any atom is 0.251 e. The fourth-order valence-electron chi connectivity index (χ4n) is 2.55. The first-order valence-corrected chi connectivity index (χ1v) is 10.3. The van der Waals surface area contributed by atoms with Crippen LogP contribution in [-0.2, 0) is 13.1 Å². The molecule has 0 heterocycles. The van der Waals surface area contributed by atoms with Gasteiger partial charge in [-0.2, -0.15) is 0 Å². The molecule has 0 fully saturated rings. The Morgan fingerprint density at radius 3 is 1.21 bits per heavy atom. The van der Waals surface area contributed by atoms with Crippen LogP contribution in [0.4, 0.5) is 0 Å². The molecular formula is C22H18Br2N2O2. The van der Waals surface area contributed by atoms with Crippen molar-refractivity contribution in [1.29, 1.82) is 0 Å². The zero-order valence-corrected chi connectivity index (χ0v) is 18.1. The Labute approximate surface area is 180 Å². The molecule has 6 heteroatoms. The van der Waals surface area contributed by atoms with Crippen LogP contribution in [0, 0.1) is 0 Å². The summed E-state index contributed by atoms with van der Waals surface area (Å²) in [4.78, 5) is 24.3. The molecule has 0 radical (unpaired) electrons. The van der Waals surface area contributed by atoms with Crippen LogP contribution in [0.15, 0.2) is 81.7 Å². The van der Waals surface area contributed by atoms with E-state index in [9.17, 15) is 9.59 Å². The monoisotopic (exact) mass is 500 g/mol. The standard InChI is InChI=1S/C22H18Br2N2O2/c23-19-9-5-17(6-10-19)21(27)25-13-15-1-2-16(4-3-15)14-26-22(28)18-7-11-20(24)12-8-18/h1-12H,13-14H2,(H,25,27)(H,26,28). The third kappa shape index (κ3) is 5.78. The summed E-state index contributed by atoms with van der Waals surface area (Å²) in [5.41, 5.74) is 3.23. The van der Waals surface area contributed by atoms with Gasteiger partial charge in [0.15, 0.2) is 0 Å². The molecule has 3 aromatic carbocycles. The van der Waals surface area contributed by atoms with E-state index in [0.29, 0.717) is 24.2 Å². The molecule has 0 aliphatic rings. The third-order valence-corrected chi connectivity index (χ3v) is 5.20. The van der Waals surface area contributed by atoms with E-state index in [2.05, 4.69) is 42.5 Å². The second-order valence-corrected chi connectivity index (χ2v) is 8.03. The van der Waals surface area contributed by atoms with Crippen molar-refractivity contribution in [1.82, 2.24) is 10.6 Å². The van der Waals surface area contributed by atoms with Crippen molar-refractivity contribution < 1.29 is 9.59 Å². The smallest absolute Gasteiger partial charge is 0.251 e. The SMILES string of the molecule is O=C(NCc1ccc(CNC(=O)c2ccc(Br)cc2)cc1)c1ccc(Br)cc1. The van der Waals surface area contributed by atoms with Crippen LogP contribution in [0.25, 0.3) is 0 Å². The molecule has 2 N–H and O–H groups in total. The number of rotatable bonds is 6. The maximum absolute atomic E-state index is 12.2. The molecule has 0 aliphatic carbocycles. The van der Waals surface area contributed by atoms with Crippen molar-refractivity contribution >= 4 is 43.7 Å². The molecule has 0 aliphatic heterocycles. The van der Waals surface area contributed by atoms with E-state index in [0.717, 1.165) is 20.1 Å². The van der Waals surface area contributed by atoms with Crippen LogP contribution in [0.3, 0.4) is 0 Å². The number of halogens is 2. The molecule has 2 amide bonds. The number of hydrogen-bond acceptors (Lipinski definition) is 2. The number of carbonyl (C=O) groups excluding carboxylic acids is 2. The predicted octanol–water partition coefficient (Wildman–Crippen LogP) is 5.07. The first kappa shape index (κ1) is 20.3. The lowest BCUT2D eigenvalue weighted by molar-refractivity contribution is 0.0942.